The summed E-state index contributed by atoms with van der Waals surface area (Å²) in [7, 11) is 0. The number of thioether (sulfide) groups is 1. The second-order valence-corrected chi connectivity index (χ2v) is 7.38. The minimum Gasteiger partial charge on any atom is -0.431 e. The van der Waals surface area contributed by atoms with E-state index in [1.807, 2.05) is 0 Å². The lowest BCUT2D eigenvalue weighted by atomic mass is 10.2. The number of amides is 1. The van der Waals surface area contributed by atoms with Crippen LogP contribution in [0, 0.1) is 5.82 Å². The number of oxazole rings is 1. The van der Waals surface area contributed by atoms with Crippen molar-refractivity contribution in [1.82, 2.24) is 15.1 Å². The highest BCUT2D eigenvalue weighted by Gasteiger charge is 2.13. The Hall–Kier alpha value is -2.91. The molecule has 0 unspecified atom stereocenters. The molecule has 0 radical (unpaired) electrons. The van der Waals surface area contributed by atoms with E-state index in [1.165, 1.54) is 23.9 Å². The molecule has 0 atom stereocenters. The van der Waals surface area contributed by atoms with Crippen LogP contribution in [0.1, 0.15) is 18.1 Å². The van der Waals surface area contributed by atoms with Gasteiger partial charge in [0.25, 0.3) is 5.22 Å². The molecule has 0 fully saturated rings. The fourth-order valence-corrected chi connectivity index (χ4v) is 3.36. The molecular formula is C19H14ClFN4O3S. The van der Waals surface area contributed by atoms with Gasteiger partial charge in [0.05, 0.1) is 11.4 Å². The third-order valence-electron chi connectivity index (χ3n) is 3.88. The summed E-state index contributed by atoms with van der Waals surface area (Å²) in [6, 6.07) is 11.2. The lowest BCUT2D eigenvalue weighted by molar-refractivity contribution is -0.116. The van der Waals surface area contributed by atoms with Crippen LogP contribution in [0.15, 0.2) is 56.6 Å². The topological polar surface area (TPSA) is 94.0 Å². The Morgan fingerprint density at radius 2 is 2.07 bits per heavy atom. The number of carbonyl (C=O) groups excluding carboxylic acids is 1. The minimum absolute atomic E-state index is 0.0923. The molecule has 0 saturated carbocycles. The van der Waals surface area contributed by atoms with Gasteiger partial charge in [0.1, 0.15) is 11.3 Å². The predicted octanol–water partition coefficient (Wildman–Crippen LogP) is 4.87. The van der Waals surface area contributed by atoms with Crippen molar-refractivity contribution in [2.75, 3.05) is 5.32 Å². The molecule has 4 rings (SSSR count). The monoisotopic (exact) mass is 432 g/mol. The normalized spacial score (nSPS) is 11.1. The Balaban J connectivity index is 1.29. The molecule has 4 aromatic rings. The van der Waals surface area contributed by atoms with Crippen LogP contribution >= 0.6 is 23.4 Å². The molecule has 2 heterocycles. The molecule has 0 bridgehead atoms. The number of carbonyl (C=O) groups is 1. The molecule has 29 heavy (non-hydrogen) atoms. The van der Waals surface area contributed by atoms with Crippen molar-refractivity contribution < 1.29 is 18.1 Å². The highest BCUT2D eigenvalue weighted by molar-refractivity contribution is 7.98. The molecule has 148 valence electrons. The smallest absolute Gasteiger partial charge is 0.257 e. The molecule has 1 amide bonds. The maximum Gasteiger partial charge on any atom is 0.257 e. The largest absolute Gasteiger partial charge is 0.431 e. The van der Waals surface area contributed by atoms with Crippen LogP contribution in [-0.2, 0) is 17.0 Å². The first-order valence-electron chi connectivity index (χ1n) is 8.61. The minimum atomic E-state index is -0.487. The zero-order valence-electron chi connectivity index (χ0n) is 14.9. The average molecular weight is 433 g/mol. The number of halogens is 2. The Morgan fingerprint density at radius 3 is 2.93 bits per heavy atom. The fraction of sp³-hybridized carbons (Fsp3) is 0.158. The molecule has 2 aromatic carbocycles. The van der Waals surface area contributed by atoms with Gasteiger partial charge in [-0.15, -0.1) is 0 Å². The van der Waals surface area contributed by atoms with E-state index in [2.05, 4.69) is 20.4 Å². The van der Waals surface area contributed by atoms with Crippen molar-refractivity contribution in [1.29, 1.82) is 0 Å². The number of aryl methyl sites for hydroxylation is 1. The van der Waals surface area contributed by atoms with Crippen molar-refractivity contribution in [3.63, 3.8) is 0 Å². The van der Waals surface area contributed by atoms with Crippen molar-refractivity contribution in [3.8, 4) is 0 Å². The van der Waals surface area contributed by atoms with Gasteiger partial charge in [0.15, 0.2) is 11.4 Å². The first-order valence-corrected chi connectivity index (χ1v) is 9.98. The number of anilines is 1. The maximum atomic E-state index is 13.6. The quantitative estimate of drug-likeness (QED) is 0.416. The van der Waals surface area contributed by atoms with Gasteiger partial charge in [-0.3, -0.25) is 4.79 Å². The first kappa shape index (κ1) is 19.4. The molecule has 2 aromatic heterocycles. The summed E-state index contributed by atoms with van der Waals surface area (Å²) in [5.41, 5.74) is 1.46. The predicted molar refractivity (Wildman–Crippen MR) is 106 cm³/mol. The highest BCUT2D eigenvalue weighted by Crippen LogP contribution is 2.27. The van der Waals surface area contributed by atoms with Gasteiger partial charge >= 0.3 is 0 Å². The number of aromatic nitrogens is 3. The third-order valence-corrected chi connectivity index (χ3v) is 4.94. The molecule has 1 N–H and O–H groups in total. The van der Waals surface area contributed by atoms with Gasteiger partial charge in [0.2, 0.25) is 11.8 Å². The van der Waals surface area contributed by atoms with Gasteiger partial charge in [-0.2, -0.15) is 4.98 Å². The first-order chi connectivity index (χ1) is 14.1. The fourth-order valence-electron chi connectivity index (χ4n) is 2.51. The zero-order chi connectivity index (χ0) is 20.2. The van der Waals surface area contributed by atoms with Crippen molar-refractivity contribution in [3.05, 3.63) is 65.0 Å². The van der Waals surface area contributed by atoms with E-state index in [9.17, 15) is 9.18 Å². The number of para-hydroxylation sites is 1. The second-order valence-electron chi connectivity index (χ2n) is 6.01. The molecular weight excluding hydrogens is 419 g/mol. The summed E-state index contributed by atoms with van der Waals surface area (Å²) in [5.74, 6) is 0.355. The Bertz CT molecular complexity index is 1160. The van der Waals surface area contributed by atoms with Crippen LogP contribution in [0.2, 0.25) is 5.02 Å². The van der Waals surface area contributed by atoms with E-state index in [0.717, 1.165) is 0 Å². The number of hydrogen-bond donors (Lipinski definition) is 1. The number of benzene rings is 2. The Morgan fingerprint density at radius 1 is 1.21 bits per heavy atom. The van der Waals surface area contributed by atoms with Gasteiger partial charge in [0, 0.05) is 17.9 Å². The Labute approximate surface area is 173 Å². The van der Waals surface area contributed by atoms with Crippen LogP contribution in [0.5, 0.6) is 0 Å². The summed E-state index contributed by atoms with van der Waals surface area (Å²) in [6.45, 7) is 0. The van der Waals surface area contributed by atoms with Crippen LogP contribution < -0.4 is 5.32 Å². The summed E-state index contributed by atoms with van der Waals surface area (Å²) >= 11 is 7.26. The summed E-state index contributed by atoms with van der Waals surface area (Å²) in [6.07, 6.45) is 0.342. The van der Waals surface area contributed by atoms with Crippen LogP contribution in [-0.4, -0.2) is 21.0 Å². The van der Waals surface area contributed by atoms with E-state index in [1.54, 1.807) is 30.3 Å². The van der Waals surface area contributed by atoms with Crippen molar-refractivity contribution in [2.45, 2.75) is 23.8 Å². The van der Waals surface area contributed by atoms with E-state index in [4.69, 9.17) is 20.5 Å². The molecule has 0 spiro atoms. The van der Waals surface area contributed by atoms with Gasteiger partial charge < -0.3 is 14.3 Å². The molecule has 10 heteroatoms. The van der Waals surface area contributed by atoms with E-state index in [-0.39, 0.29) is 24.4 Å². The number of nitrogens with zero attached hydrogens (tertiary/aromatic N) is 3. The van der Waals surface area contributed by atoms with Crippen LogP contribution in [0.25, 0.3) is 11.1 Å². The lowest BCUT2D eigenvalue weighted by Gasteiger charge is -2.04. The summed E-state index contributed by atoms with van der Waals surface area (Å²) in [4.78, 5) is 20.6. The molecule has 0 aliphatic rings. The number of hydrogen-bond acceptors (Lipinski definition) is 7. The number of nitrogens with one attached hydrogen (secondary N) is 1. The standard InChI is InChI=1S/C19H14ClFN4O3S/c20-11-5-6-15-14(9-11)23-19(27-15)29-10-16-24-18(28-25-16)8-7-17(26)22-13-4-2-1-3-12(13)21/h1-6,9H,7-8,10H2,(H,22,26). The lowest BCUT2D eigenvalue weighted by Crippen LogP contribution is -2.13. The van der Waals surface area contributed by atoms with E-state index in [0.29, 0.717) is 38.8 Å². The molecule has 0 aliphatic heterocycles. The Kier molecular flexibility index (Phi) is 5.77. The van der Waals surface area contributed by atoms with Gasteiger partial charge in [-0.25, -0.2) is 9.37 Å². The van der Waals surface area contributed by atoms with E-state index < -0.39 is 5.82 Å². The van der Waals surface area contributed by atoms with E-state index >= 15 is 0 Å². The second kappa shape index (κ2) is 8.62. The average Bonchev–Trinajstić information content (AvgIpc) is 3.32. The van der Waals surface area contributed by atoms with Crippen LogP contribution in [0.3, 0.4) is 0 Å². The molecule has 0 aliphatic carbocycles. The SMILES string of the molecule is O=C(CCc1nc(CSc2nc3cc(Cl)ccc3o2)no1)Nc1ccccc1F. The number of fused-ring (bicyclic) bond motifs is 1. The van der Waals surface area contributed by atoms with Crippen molar-refractivity contribution in [2.24, 2.45) is 0 Å². The molecule has 7 nitrogen and oxygen atoms in total. The maximum absolute atomic E-state index is 13.6. The van der Waals surface area contributed by atoms with Gasteiger partial charge in [-0.05, 0) is 30.3 Å². The zero-order valence-corrected chi connectivity index (χ0v) is 16.5. The summed E-state index contributed by atoms with van der Waals surface area (Å²) < 4.78 is 24.3. The third kappa shape index (κ3) is 4.93. The van der Waals surface area contributed by atoms with Crippen molar-refractivity contribution >= 4 is 46.1 Å². The summed E-state index contributed by atoms with van der Waals surface area (Å²) in [5, 5.41) is 7.46. The van der Waals surface area contributed by atoms with Crippen LogP contribution in [0.4, 0.5) is 10.1 Å². The molecule has 0 saturated heterocycles. The highest BCUT2D eigenvalue weighted by atomic mass is 35.5. The number of rotatable bonds is 7. The van der Waals surface area contributed by atoms with Gasteiger partial charge in [-0.1, -0.05) is 40.7 Å².